The summed E-state index contributed by atoms with van der Waals surface area (Å²) in [5, 5.41) is 0. The molecule has 120 valence electrons. The zero-order valence-corrected chi connectivity index (χ0v) is 13.7. The maximum absolute atomic E-state index is 13.1. The fourth-order valence-corrected chi connectivity index (χ4v) is 2.54. The van der Waals surface area contributed by atoms with Crippen LogP contribution >= 0.6 is 11.6 Å². The van der Waals surface area contributed by atoms with E-state index in [0.29, 0.717) is 17.5 Å². The third-order valence-electron chi connectivity index (χ3n) is 3.08. The minimum absolute atomic E-state index is 0.127. The van der Waals surface area contributed by atoms with E-state index >= 15 is 0 Å². The van der Waals surface area contributed by atoms with E-state index < -0.39 is 11.7 Å². The second-order valence-electron chi connectivity index (χ2n) is 6.17. The van der Waals surface area contributed by atoms with Gasteiger partial charge in [-0.3, -0.25) is 0 Å². The fraction of sp³-hybridized carbons (Fsp3) is 0.625. The Morgan fingerprint density at radius 3 is 1.95 bits per heavy atom. The molecule has 0 atom stereocenters. The summed E-state index contributed by atoms with van der Waals surface area (Å²) in [6, 6.07) is 4.44. The Morgan fingerprint density at radius 2 is 1.57 bits per heavy atom. The van der Waals surface area contributed by atoms with Crippen LogP contribution in [0.3, 0.4) is 0 Å². The van der Waals surface area contributed by atoms with Gasteiger partial charge in [0.15, 0.2) is 0 Å². The predicted octanol–water partition coefficient (Wildman–Crippen LogP) is 5.56. The van der Waals surface area contributed by atoms with Gasteiger partial charge in [-0.05, 0) is 29.5 Å². The third-order valence-corrected chi connectivity index (χ3v) is 3.37. The molecular weight excluding hydrogens is 299 g/mol. The minimum Gasteiger partial charge on any atom is -0.371 e. The number of nitrogens with zero attached hydrogens (tertiary/aromatic N) is 1. The van der Waals surface area contributed by atoms with Crippen LogP contribution in [0, 0.1) is 11.8 Å². The summed E-state index contributed by atoms with van der Waals surface area (Å²) in [6.07, 6.45) is -4.37. The highest BCUT2D eigenvalue weighted by Gasteiger charge is 2.33. The summed E-state index contributed by atoms with van der Waals surface area (Å²) in [6.45, 7) is 9.71. The van der Waals surface area contributed by atoms with Crippen LogP contribution in [0.5, 0.6) is 0 Å². The van der Waals surface area contributed by atoms with E-state index in [1.807, 2.05) is 4.90 Å². The average molecular weight is 322 g/mol. The number of halogens is 4. The molecule has 0 saturated heterocycles. The lowest BCUT2D eigenvalue weighted by atomic mass is 10.0. The summed E-state index contributed by atoms with van der Waals surface area (Å²) in [7, 11) is 0. The molecule has 0 amide bonds. The second-order valence-corrected chi connectivity index (χ2v) is 6.43. The molecule has 1 aromatic rings. The van der Waals surface area contributed by atoms with Crippen LogP contribution in [0.2, 0.25) is 0 Å². The Balaban J connectivity index is 3.19. The first kappa shape index (κ1) is 18.1. The highest BCUT2D eigenvalue weighted by Crippen LogP contribution is 2.35. The largest absolute Gasteiger partial charge is 0.416 e. The van der Waals surface area contributed by atoms with Gasteiger partial charge in [0.05, 0.1) is 5.56 Å². The van der Waals surface area contributed by atoms with Crippen molar-refractivity contribution in [2.24, 2.45) is 11.8 Å². The van der Waals surface area contributed by atoms with Crippen molar-refractivity contribution in [1.29, 1.82) is 0 Å². The molecule has 5 heteroatoms. The van der Waals surface area contributed by atoms with Crippen molar-refractivity contribution >= 4 is 17.3 Å². The van der Waals surface area contributed by atoms with Crippen molar-refractivity contribution in [3.05, 3.63) is 29.3 Å². The molecule has 21 heavy (non-hydrogen) atoms. The van der Waals surface area contributed by atoms with Gasteiger partial charge in [0.2, 0.25) is 0 Å². The van der Waals surface area contributed by atoms with Crippen LogP contribution in [0.4, 0.5) is 18.9 Å². The number of benzene rings is 1. The van der Waals surface area contributed by atoms with E-state index in [1.165, 1.54) is 12.1 Å². The summed E-state index contributed by atoms with van der Waals surface area (Å²) in [5.41, 5.74) is 0.105. The van der Waals surface area contributed by atoms with E-state index in [0.717, 1.165) is 13.1 Å². The maximum Gasteiger partial charge on any atom is 0.416 e. The molecule has 0 radical (unpaired) electrons. The molecule has 0 fully saturated rings. The van der Waals surface area contributed by atoms with E-state index in [9.17, 15) is 13.2 Å². The average Bonchev–Trinajstić information content (AvgIpc) is 2.35. The molecule has 1 rings (SSSR count). The van der Waals surface area contributed by atoms with Crippen molar-refractivity contribution in [3.8, 4) is 0 Å². The van der Waals surface area contributed by atoms with E-state index in [2.05, 4.69) is 27.7 Å². The first-order valence-corrected chi connectivity index (χ1v) is 7.69. The SMILES string of the molecule is CC(C)CN(CC(C)C)c1ccc(CCl)c(C(F)(F)F)c1. The Labute approximate surface area is 130 Å². The molecule has 0 aliphatic rings. The molecule has 0 spiro atoms. The zero-order chi connectivity index (χ0) is 16.2. The number of rotatable bonds is 6. The minimum atomic E-state index is -4.37. The van der Waals surface area contributed by atoms with Gasteiger partial charge in [-0.2, -0.15) is 13.2 Å². The third kappa shape index (κ3) is 5.42. The molecule has 0 aliphatic heterocycles. The molecule has 0 bridgehead atoms. The summed E-state index contributed by atoms with van der Waals surface area (Å²) in [4.78, 5) is 2.02. The van der Waals surface area contributed by atoms with Crippen LogP contribution in [-0.2, 0) is 12.1 Å². The molecule has 0 aromatic heterocycles. The molecule has 1 nitrogen and oxygen atoms in total. The van der Waals surface area contributed by atoms with Gasteiger partial charge in [0.25, 0.3) is 0 Å². The zero-order valence-electron chi connectivity index (χ0n) is 13.0. The quantitative estimate of drug-likeness (QED) is 0.620. The van der Waals surface area contributed by atoms with E-state index in [1.54, 1.807) is 6.07 Å². The van der Waals surface area contributed by atoms with Crippen LogP contribution < -0.4 is 4.90 Å². The van der Waals surface area contributed by atoms with Crippen molar-refractivity contribution in [2.45, 2.75) is 39.8 Å². The first-order chi connectivity index (χ1) is 9.65. The van der Waals surface area contributed by atoms with Crippen molar-refractivity contribution < 1.29 is 13.2 Å². The normalized spacial score (nSPS) is 12.3. The molecule has 0 aliphatic carbocycles. The number of alkyl halides is 4. The number of anilines is 1. The molecular formula is C16H23ClF3N. The monoisotopic (exact) mass is 321 g/mol. The summed E-state index contributed by atoms with van der Waals surface area (Å²) < 4.78 is 39.4. The van der Waals surface area contributed by atoms with Crippen LogP contribution in [-0.4, -0.2) is 13.1 Å². The standard InChI is InChI=1S/C16H23ClF3N/c1-11(2)9-21(10-12(3)4)14-6-5-13(8-17)15(7-14)16(18,19)20/h5-7,11-12H,8-10H2,1-4H3. The highest BCUT2D eigenvalue weighted by atomic mass is 35.5. The lowest BCUT2D eigenvalue weighted by molar-refractivity contribution is -0.138. The molecule has 0 N–H and O–H groups in total. The van der Waals surface area contributed by atoms with Gasteiger partial charge in [0, 0.05) is 24.7 Å². The van der Waals surface area contributed by atoms with Gasteiger partial charge in [-0.25, -0.2) is 0 Å². The number of hydrogen-bond donors (Lipinski definition) is 0. The van der Waals surface area contributed by atoms with Crippen molar-refractivity contribution in [2.75, 3.05) is 18.0 Å². The van der Waals surface area contributed by atoms with E-state index in [-0.39, 0.29) is 11.4 Å². The van der Waals surface area contributed by atoms with Gasteiger partial charge in [-0.15, -0.1) is 11.6 Å². The maximum atomic E-state index is 13.1. The molecule has 0 heterocycles. The van der Waals surface area contributed by atoms with E-state index in [4.69, 9.17) is 11.6 Å². The van der Waals surface area contributed by atoms with Crippen LogP contribution in [0.15, 0.2) is 18.2 Å². The highest BCUT2D eigenvalue weighted by molar-refractivity contribution is 6.17. The second kappa shape index (κ2) is 7.39. The Kier molecular flexibility index (Phi) is 6.39. The molecule has 0 saturated carbocycles. The Hall–Kier alpha value is -0.900. The molecule has 1 aromatic carbocycles. The smallest absolute Gasteiger partial charge is 0.371 e. The van der Waals surface area contributed by atoms with Crippen molar-refractivity contribution in [3.63, 3.8) is 0 Å². The Bertz CT molecular complexity index is 445. The van der Waals surface area contributed by atoms with Crippen LogP contribution in [0.25, 0.3) is 0 Å². The van der Waals surface area contributed by atoms with Gasteiger partial charge < -0.3 is 4.90 Å². The Morgan fingerprint density at radius 1 is 1.05 bits per heavy atom. The number of hydrogen-bond acceptors (Lipinski definition) is 1. The van der Waals surface area contributed by atoms with Gasteiger partial charge in [-0.1, -0.05) is 33.8 Å². The molecule has 0 unspecified atom stereocenters. The first-order valence-electron chi connectivity index (χ1n) is 7.16. The summed E-state index contributed by atoms with van der Waals surface area (Å²) in [5.74, 6) is 0.625. The van der Waals surface area contributed by atoms with Gasteiger partial charge >= 0.3 is 6.18 Å². The summed E-state index contributed by atoms with van der Waals surface area (Å²) >= 11 is 5.63. The lowest BCUT2D eigenvalue weighted by Gasteiger charge is -2.29. The predicted molar refractivity (Wildman–Crippen MR) is 82.9 cm³/mol. The van der Waals surface area contributed by atoms with Crippen LogP contribution in [0.1, 0.15) is 38.8 Å². The fourth-order valence-electron chi connectivity index (χ4n) is 2.31. The van der Waals surface area contributed by atoms with Gasteiger partial charge in [0.1, 0.15) is 0 Å². The topological polar surface area (TPSA) is 3.24 Å². The van der Waals surface area contributed by atoms with Crippen molar-refractivity contribution in [1.82, 2.24) is 0 Å². The lowest BCUT2D eigenvalue weighted by Crippen LogP contribution is -2.31.